The van der Waals surface area contributed by atoms with Crippen LogP contribution in [0.5, 0.6) is 0 Å². The molecule has 1 aliphatic heterocycles. The van der Waals surface area contributed by atoms with Gasteiger partial charge in [0.15, 0.2) is 0 Å². The van der Waals surface area contributed by atoms with Gasteiger partial charge in [-0.3, -0.25) is 4.79 Å². The van der Waals surface area contributed by atoms with E-state index in [1.165, 1.54) is 4.68 Å². The molecule has 2 aliphatic rings. The van der Waals surface area contributed by atoms with Crippen molar-refractivity contribution in [1.82, 2.24) is 19.7 Å². The monoisotopic (exact) mass is 342 g/mol. The van der Waals surface area contributed by atoms with Gasteiger partial charge < -0.3 is 10.1 Å². The zero-order chi connectivity index (χ0) is 17.2. The summed E-state index contributed by atoms with van der Waals surface area (Å²) in [5, 5.41) is 7.28. The van der Waals surface area contributed by atoms with Gasteiger partial charge in [-0.15, -0.1) is 0 Å². The number of nitrogens with one attached hydrogen (secondary N) is 1. The lowest BCUT2D eigenvalue weighted by atomic mass is 10.2. The first kappa shape index (κ1) is 16.1. The second-order valence-electron chi connectivity index (χ2n) is 6.68. The highest BCUT2D eigenvalue weighted by Crippen LogP contribution is 2.39. The first-order valence-electron chi connectivity index (χ1n) is 8.86. The van der Waals surface area contributed by atoms with Gasteiger partial charge in [-0.25, -0.2) is 14.0 Å². The van der Waals surface area contributed by atoms with E-state index < -0.39 is 0 Å². The first-order valence-corrected chi connectivity index (χ1v) is 8.86. The van der Waals surface area contributed by atoms with Crippen LogP contribution in [0.2, 0.25) is 0 Å². The van der Waals surface area contributed by atoms with Gasteiger partial charge in [0.05, 0.1) is 11.8 Å². The van der Waals surface area contributed by atoms with Gasteiger partial charge in [-0.2, -0.15) is 5.10 Å². The van der Waals surface area contributed by atoms with Crippen LogP contribution in [-0.2, 0) is 16.1 Å². The van der Waals surface area contributed by atoms with Gasteiger partial charge in [0.2, 0.25) is 5.91 Å². The second kappa shape index (κ2) is 6.84. The van der Waals surface area contributed by atoms with Crippen molar-refractivity contribution in [2.75, 3.05) is 13.2 Å². The highest BCUT2D eigenvalue weighted by molar-refractivity contribution is 5.75. The highest BCUT2D eigenvalue weighted by atomic mass is 16.5. The average molecular weight is 342 g/mol. The summed E-state index contributed by atoms with van der Waals surface area (Å²) >= 11 is 0. The first-order chi connectivity index (χ1) is 12.2. The van der Waals surface area contributed by atoms with Crippen LogP contribution in [0.15, 0.2) is 35.1 Å². The van der Waals surface area contributed by atoms with Crippen LogP contribution in [0.4, 0.5) is 0 Å². The molecule has 2 aromatic rings. The molecule has 0 spiro atoms. The average Bonchev–Trinajstić information content (AvgIpc) is 3.24. The quantitative estimate of drug-likeness (QED) is 0.856. The number of rotatable bonds is 6. The summed E-state index contributed by atoms with van der Waals surface area (Å²) in [6.07, 6.45) is 4.16. The summed E-state index contributed by atoms with van der Waals surface area (Å²) in [6, 6.07) is 9.47. The lowest BCUT2D eigenvalue weighted by Gasteiger charge is -2.10. The number of carbonyl (C=O) groups is 1. The summed E-state index contributed by atoms with van der Waals surface area (Å²) in [6.45, 7) is 1.18. The minimum atomic E-state index is -0.264. The number of nitrogens with zero attached hydrogens (tertiary/aromatic N) is 3. The third-order valence-electron chi connectivity index (χ3n) is 4.67. The predicted octanol–water partition coefficient (Wildman–Crippen LogP) is 1.21. The number of amides is 1. The van der Waals surface area contributed by atoms with Crippen molar-refractivity contribution in [1.29, 1.82) is 0 Å². The second-order valence-corrected chi connectivity index (χ2v) is 6.68. The topological polar surface area (TPSA) is 78.2 Å². The van der Waals surface area contributed by atoms with Crippen molar-refractivity contribution in [3.05, 3.63) is 46.6 Å². The number of para-hydroxylation sites is 1. The minimum absolute atomic E-state index is 0.0644. The molecule has 1 saturated heterocycles. The highest BCUT2D eigenvalue weighted by Gasteiger charge is 2.31. The molecule has 2 fully saturated rings. The Bertz CT molecular complexity index is 801. The molecule has 1 saturated carbocycles. The molecule has 0 radical (unpaired) electrons. The van der Waals surface area contributed by atoms with E-state index in [9.17, 15) is 9.59 Å². The van der Waals surface area contributed by atoms with E-state index in [0.717, 1.165) is 43.8 Å². The van der Waals surface area contributed by atoms with Crippen LogP contribution in [-0.4, -0.2) is 39.5 Å². The van der Waals surface area contributed by atoms with Crippen molar-refractivity contribution >= 4 is 5.91 Å². The molecule has 2 heterocycles. The third kappa shape index (κ3) is 3.51. The van der Waals surface area contributed by atoms with Gasteiger partial charge in [0.25, 0.3) is 0 Å². The molecular weight excluding hydrogens is 320 g/mol. The molecule has 1 N–H and O–H groups in total. The van der Waals surface area contributed by atoms with Crippen LogP contribution in [0.25, 0.3) is 5.69 Å². The summed E-state index contributed by atoms with van der Waals surface area (Å²) in [5.41, 5.74) is 0.529. The molecule has 0 bridgehead atoms. The third-order valence-corrected chi connectivity index (χ3v) is 4.67. The fraction of sp³-hybridized carbons (Fsp3) is 0.500. The van der Waals surface area contributed by atoms with E-state index >= 15 is 0 Å². The number of hydrogen-bond donors (Lipinski definition) is 1. The summed E-state index contributed by atoms with van der Waals surface area (Å²) in [4.78, 5) is 25.0. The number of ether oxygens (including phenoxy) is 1. The molecule has 1 aromatic carbocycles. The Morgan fingerprint density at radius 1 is 1.24 bits per heavy atom. The van der Waals surface area contributed by atoms with Gasteiger partial charge in [0.1, 0.15) is 12.4 Å². The molecule has 1 aromatic heterocycles. The maximum absolute atomic E-state index is 12.8. The van der Waals surface area contributed by atoms with E-state index in [1.54, 1.807) is 4.57 Å². The van der Waals surface area contributed by atoms with Gasteiger partial charge in [-0.05, 0) is 37.8 Å². The molecule has 4 rings (SSSR count). The number of hydrogen-bond acceptors (Lipinski definition) is 4. The maximum Gasteiger partial charge on any atom is 0.351 e. The van der Waals surface area contributed by atoms with Crippen molar-refractivity contribution in [2.45, 2.75) is 44.2 Å². The zero-order valence-corrected chi connectivity index (χ0v) is 14.1. The van der Waals surface area contributed by atoms with Crippen molar-refractivity contribution in [3.8, 4) is 5.69 Å². The molecule has 7 nitrogen and oxygen atoms in total. The van der Waals surface area contributed by atoms with E-state index in [2.05, 4.69) is 10.4 Å². The summed E-state index contributed by atoms with van der Waals surface area (Å²) < 4.78 is 8.39. The molecule has 25 heavy (non-hydrogen) atoms. The molecule has 1 amide bonds. The van der Waals surface area contributed by atoms with Gasteiger partial charge in [0, 0.05) is 19.1 Å². The Hall–Kier alpha value is -2.41. The van der Waals surface area contributed by atoms with Crippen LogP contribution in [0.3, 0.4) is 0 Å². The standard InChI is InChI=1S/C18H22N4O3/c23-16(19-11-15-7-4-10-25-15)12-21-18(24)22(14-5-2-1-3-6-14)17(20-21)13-8-9-13/h1-3,5-6,13,15H,4,7-12H2,(H,19,23)/t15-/m0/s1. The Morgan fingerprint density at radius 3 is 2.72 bits per heavy atom. The molecular formula is C18H22N4O3. The Morgan fingerprint density at radius 2 is 2.04 bits per heavy atom. The summed E-state index contributed by atoms with van der Waals surface area (Å²) in [7, 11) is 0. The van der Waals surface area contributed by atoms with E-state index in [1.807, 2.05) is 30.3 Å². The molecule has 1 aliphatic carbocycles. The summed E-state index contributed by atoms with van der Waals surface area (Å²) in [5.74, 6) is 0.852. The van der Waals surface area contributed by atoms with Crippen molar-refractivity contribution in [3.63, 3.8) is 0 Å². The fourth-order valence-electron chi connectivity index (χ4n) is 3.18. The molecule has 7 heteroatoms. The van der Waals surface area contributed by atoms with Gasteiger partial charge in [-0.1, -0.05) is 18.2 Å². The lowest BCUT2D eigenvalue weighted by molar-refractivity contribution is -0.122. The predicted molar refractivity (Wildman–Crippen MR) is 91.8 cm³/mol. The Balaban J connectivity index is 1.52. The van der Waals surface area contributed by atoms with E-state index in [0.29, 0.717) is 12.5 Å². The molecule has 132 valence electrons. The number of carbonyl (C=O) groups excluding carboxylic acids is 1. The fourth-order valence-corrected chi connectivity index (χ4v) is 3.18. The maximum atomic E-state index is 12.8. The lowest BCUT2D eigenvalue weighted by Crippen LogP contribution is -2.37. The molecule has 1 atom stereocenters. The van der Waals surface area contributed by atoms with Crippen LogP contribution >= 0.6 is 0 Å². The van der Waals surface area contributed by atoms with Crippen molar-refractivity contribution in [2.24, 2.45) is 0 Å². The van der Waals surface area contributed by atoms with Crippen LogP contribution in [0, 0.1) is 0 Å². The normalized spacial score (nSPS) is 19.9. The Labute approximate surface area is 145 Å². The largest absolute Gasteiger partial charge is 0.376 e. The van der Waals surface area contributed by atoms with Crippen LogP contribution in [0.1, 0.15) is 37.4 Å². The molecule has 0 unspecified atom stereocenters. The van der Waals surface area contributed by atoms with E-state index in [4.69, 9.17) is 4.74 Å². The number of benzene rings is 1. The Kier molecular flexibility index (Phi) is 4.40. The number of aromatic nitrogens is 3. The zero-order valence-electron chi connectivity index (χ0n) is 14.1. The minimum Gasteiger partial charge on any atom is -0.376 e. The van der Waals surface area contributed by atoms with Crippen LogP contribution < -0.4 is 11.0 Å². The van der Waals surface area contributed by atoms with Gasteiger partial charge >= 0.3 is 5.69 Å². The van der Waals surface area contributed by atoms with Crippen molar-refractivity contribution < 1.29 is 9.53 Å². The SMILES string of the molecule is O=C(Cn1nc(C2CC2)n(-c2ccccc2)c1=O)NC[C@@H]1CCCO1. The van der Waals surface area contributed by atoms with E-state index in [-0.39, 0.29) is 24.2 Å². The smallest absolute Gasteiger partial charge is 0.351 e.